The van der Waals surface area contributed by atoms with Crippen LogP contribution in [0, 0.1) is 11.3 Å². The Labute approximate surface area is 175 Å². The van der Waals surface area contributed by atoms with Gasteiger partial charge in [0.05, 0.1) is 18.7 Å². The largest absolute Gasteiger partial charge is 0.494 e. The predicted octanol–water partition coefficient (Wildman–Crippen LogP) is 3.02. The third-order valence-corrected chi connectivity index (χ3v) is 5.21. The summed E-state index contributed by atoms with van der Waals surface area (Å²) in [7, 11) is 1.64. The molecular formula is C22H25N7O. The fourth-order valence-electron chi connectivity index (χ4n) is 3.90. The molecule has 3 aromatic rings. The molecule has 0 saturated carbocycles. The normalized spacial score (nSPS) is 15.9. The van der Waals surface area contributed by atoms with E-state index >= 15 is 0 Å². The van der Waals surface area contributed by atoms with Crippen LogP contribution in [0.5, 0.6) is 5.75 Å². The highest BCUT2D eigenvalue weighted by Crippen LogP contribution is 2.33. The van der Waals surface area contributed by atoms with Crippen LogP contribution in [-0.2, 0) is 0 Å². The Morgan fingerprint density at radius 1 is 1.30 bits per heavy atom. The molecular weight excluding hydrogens is 378 g/mol. The van der Waals surface area contributed by atoms with Crippen LogP contribution >= 0.6 is 0 Å². The van der Waals surface area contributed by atoms with Gasteiger partial charge in [0.1, 0.15) is 17.1 Å². The summed E-state index contributed by atoms with van der Waals surface area (Å²) in [6, 6.07) is 13.5. The van der Waals surface area contributed by atoms with Crippen molar-refractivity contribution in [2.45, 2.75) is 19.4 Å². The minimum atomic E-state index is 0.434. The molecule has 0 radical (unpaired) electrons. The summed E-state index contributed by atoms with van der Waals surface area (Å²) in [5, 5.41) is 16.9. The molecule has 1 fully saturated rings. The highest BCUT2D eigenvalue weighted by Gasteiger charge is 2.25. The average molecular weight is 403 g/mol. The molecule has 0 aliphatic carbocycles. The van der Waals surface area contributed by atoms with E-state index in [4.69, 9.17) is 20.4 Å². The van der Waals surface area contributed by atoms with Crippen LogP contribution in [0.3, 0.4) is 0 Å². The number of fused-ring (bicyclic) bond motifs is 1. The van der Waals surface area contributed by atoms with Crippen LogP contribution in [0.25, 0.3) is 10.9 Å². The molecule has 1 unspecified atom stereocenters. The zero-order valence-electron chi connectivity index (χ0n) is 17.1. The first kappa shape index (κ1) is 19.7. The fourth-order valence-corrected chi connectivity index (χ4v) is 3.90. The van der Waals surface area contributed by atoms with Gasteiger partial charge in [-0.05, 0) is 43.3 Å². The number of methoxy groups -OCH3 is 1. The Balaban J connectivity index is 1.77. The predicted molar refractivity (Wildman–Crippen MR) is 119 cm³/mol. The number of nitrogens with zero attached hydrogens (tertiary/aromatic N) is 4. The minimum absolute atomic E-state index is 0.434. The van der Waals surface area contributed by atoms with Gasteiger partial charge >= 0.3 is 0 Å². The number of ether oxygens (including phenoxy) is 1. The number of para-hydroxylation sites is 1. The number of nitrogen functional groups attached to an aromatic ring is 1. The van der Waals surface area contributed by atoms with Crippen molar-refractivity contribution in [3.63, 3.8) is 0 Å². The SMILES string of the molecule is CCNC1CCN(c2nc(Nc3cc(N)cc(C#N)c3)nc3c(OC)cccc23)C1. The molecule has 8 nitrogen and oxygen atoms in total. The van der Waals surface area contributed by atoms with E-state index in [1.54, 1.807) is 25.3 Å². The van der Waals surface area contributed by atoms with E-state index in [0.29, 0.717) is 34.7 Å². The van der Waals surface area contributed by atoms with Crippen molar-refractivity contribution in [2.75, 3.05) is 42.7 Å². The average Bonchev–Trinajstić information content (AvgIpc) is 3.21. The molecule has 4 N–H and O–H groups in total. The lowest BCUT2D eigenvalue weighted by Gasteiger charge is -2.21. The molecule has 30 heavy (non-hydrogen) atoms. The topological polar surface area (TPSA) is 112 Å². The summed E-state index contributed by atoms with van der Waals surface area (Å²) in [6.07, 6.45) is 1.06. The Kier molecular flexibility index (Phi) is 5.55. The number of likely N-dealkylation sites (N-methyl/N-ethyl adjacent to an activating group) is 1. The van der Waals surface area contributed by atoms with Gasteiger partial charge in [-0.25, -0.2) is 4.98 Å². The number of rotatable bonds is 6. The van der Waals surface area contributed by atoms with Crippen molar-refractivity contribution in [3.05, 3.63) is 42.0 Å². The molecule has 2 heterocycles. The molecule has 0 amide bonds. The van der Waals surface area contributed by atoms with Gasteiger partial charge in [-0.15, -0.1) is 0 Å². The van der Waals surface area contributed by atoms with E-state index < -0.39 is 0 Å². The zero-order valence-corrected chi connectivity index (χ0v) is 17.1. The molecule has 8 heteroatoms. The maximum atomic E-state index is 9.22. The van der Waals surface area contributed by atoms with Gasteiger partial charge in [0.2, 0.25) is 5.95 Å². The van der Waals surface area contributed by atoms with Gasteiger partial charge in [0, 0.05) is 35.9 Å². The van der Waals surface area contributed by atoms with Crippen LogP contribution in [-0.4, -0.2) is 42.8 Å². The van der Waals surface area contributed by atoms with Gasteiger partial charge in [-0.1, -0.05) is 13.0 Å². The highest BCUT2D eigenvalue weighted by atomic mass is 16.5. The van der Waals surface area contributed by atoms with Crippen LogP contribution in [0.15, 0.2) is 36.4 Å². The minimum Gasteiger partial charge on any atom is -0.494 e. The van der Waals surface area contributed by atoms with E-state index in [9.17, 15) is 5.26 Å². The van der Waals surface area contributed by atoms with Crippen LogP contribution in [0.1, 0.15) is 18.9 Å². The van der Waals surface area contributed by atoms with Gasteiger partial charge in [-0.2, -0.15) is 10.2 Å². The maximum Gasteiger partial charge on any atom is 0.229 e. The Morgan fingerprint density at radius 2 is 2.17 bits per heavy atom. The molecule has 1 aliphatic rings. The van der Waals surface area contributed by atoms with E-state index in [1.165, 1.54) is 0 Å². The molecule has 154 valence electrons. The number of nitriles is 1. The van der Waals surface area contributed by atoms with Gasteiger partial charge < -0.3 is 26.0 Å². The van der Waals surface area contributed by atoms with E-state index in [2.05, 4.69) is 28.5 Å². The van der Waals surface area contributed by atoms with Gasteiger partial charge in [-0.3, -0.25) is 0 Å². The Hall–Kier alpha value is -3.57. The Bertz CT molecular complexity index is 1110. The molecule has 4 rings (SSSR count). The standard InChI is InChI=1S/C22H25N7O/c1-3-25-16-7-8-29(13-16)21-18-5-4-6-19(30-2)20(18)27-22(28-21)26-17-10-14(12-23)9-15(24)11-17/h4-6,9-11,16,25H,3,7-8,13,24H2,1-2H3,(H,26,27,28). The quantitative estimate of drug-likeness (QED) is 0.539. The number of hydrogen-bond donors (Lipinski definition) is 3. The van der Waals surface area contributed by atoms with E-state index in [0.717, 1.165) is 42.8 Å². The fraction of sp³-hybridized carbons (Fsp3) is 0.318. The Morgan fingerprint density at radius 3 is 2.93 bits per heavy atom. The monoisotopic (exact) mass is 403 g/mol. The van der Waals surface area contributed by atoms with Crippen LogP contribution < -0.4 is 26.0 Å². The second-order valence-electron chi connectivity index (χ2n) is 7.30. The third kappa shape index (κ3) is 3.93. The number of benzene rings is 2. The zero-order chi connectivity index (χ0) is 21.1. The van der Waals surface area contributed by atoms with Crippen molar-refractivity contribution < 1.29 is 4.74 Å². The number of nitrogens with one attached hydrogen (secondary N) is 2. The van der Waals surface area contributed by atoms with Crippen LogP contribution in [0.2, 0.25) is 0 Å². The van der Waals surface area contributed by atoms with Crippen molar-refractivity contribution in [3.8, 4) is 11.8 Å². The summed E-state index contributed by atoms with van der Waals surface area (Å²) in [5.74, 6) is 1.99. The van der Waals surface area contributed by atoms with Gasteiger partial charge in [0.25, 0.3) is 0 Å². The number of hydrogen-bond acceptors (Lipinski definition) is 8. The van der Waals surface area contributed by atoms with Crippen molar-refractivity contribution in [1.29, 1.82) is 5.26 Å². The number of aromatic nitrogens is 2. The van der Waals surface area contributed by atoms with Crippen molar-refractivity contribution in [2.24, 2.45) is 0 Å². The first-order chi connectivity index (χ1) is 14.6. The highest BCUT2D eigenvalue weighted by molar-refractivity contribution is 5.94. The summed E-state index contributed by atoms with van der Waals surface area (Å²) in [6.45, 7) is 4.86. The molecule has 1 saturated heterocycles. The number of nitrogens with two attached hydrogens (primary N) is 1. The summed E-state index contributed by atoms with van der Waals surface area (Å²) in [5.41, 5.74) is 8.31. The smallest absolute Gasteiger partial charge is 0.229 e. The molecule has 1 atom stereocenters. The summed E-state index contributed by atoms with van der Waals surface area (Å²) in [4.78, 5) is 11.8. The van der Waals surface area contributed by atoms with Gasteiger partial charge in [0.15, 0.2) is 0 Å². The molecule has 0 spiro atoms. The molecule has 0 bridgehead atoms. The number of anilines is 4. The maximum absolute atomic E-state index is 9.22. The van der Waals surface area contributed by atoms with E-state index in [1.807, 2.05) is 18.2 Å². The lowest BCUT2D eigenvalue weighted by Crippen LogP contribution is -2.32. The van der Waals surface area contributed by atoms with Crippen molar-refractivity contribution in [1.82, 2.24) is 15.3 Å². The lowest BCUT2D eigenvalue weighted by atomic mass is 10.2. The second kappa shape index (κ2) is 8.43. The van der Waals surface area contributed by atoms with Crippen LogP contribution in [0.4, 0.5) is 23.1 Å². The summed E-state index contributed by atoms with van der Waals surface area (Å²) >= 11 is 0. The molecule has 1 aliphatic heterocycles. The molecule has 2 aromatic carbocycles. The summed E-state index contributed by atoms with van der Waals surface area (Å²) < 4.78 is 5.55. The third-order valence-electron chi connectivity index (χ3n) is 5.21. The lowest BCUT2D eigenvalue weighted by molar-refractivity contribution is 0.419. The molecule has 1 aromatic heterocycles. The second-order valence-corrected chi connectivity index (χ2v) is 7.30. The first-order valence-corrected chi connectivity index (χ1v) is 10.0. The first-order valence-electron chi connectivity index (χ1n) is 10.0. The van der Waals surface area contributed by atoms with E-state index in [-0.39, 0.29) is 0 Å². The van der Waals surface area contributed by atoms with Crippen molar-refractivity contribution >= 4 is 34.0 Å².